The van der Waals surface area contributed by atoms with Gasteiger partial charge in [-0.3, -0.25) is 4.90 Å². The Morgan fingerprint density at radius 3 is 2.38 bits per heavy atom. The summed E-state index contributed by atoms with van der Waals surface area (Å²) in [5, 5.41) is 0. The number of benzene rings is 2. The average Bonchev–Trinajstić information content (AvgIpc) is 2.62. The largest absolute Gasteiger partial charge is 0.489 e. The third-order valence-corrected chi connectivity index (χ3v) is 5.20. The Bertz CT molecular complexity index is 713. The fourth-order valence-corrected chi connectivity index (χ4v) is 3.62. The van der Waals surface area contributed by atoms with Crippen molar-refractivity contribution in [2.75, 3.05) is 13.1 Å². The molecule has 140 valence electrons. The van der Waals surface area contributed by atoms with Crippen LogP contribution in [0.1, 0.15) is 24.0 Å². The first-order chi connectivity index (χ1) is 12.4. The Balaban J connectivity index is 1.63. The molecule has 0 N–H and O–H groups in total. The molecule has 0 radical (unpaired) electrons. The minimum Gasteiger partial charge on any atom is -0.489 e. The van der Waals surface area contributed by atoms with Crippen LogP contribution in [-0.4, -0.2) is 24.2 Å². The number of likely N-dealkylation sites (tertiary alicyclic amines) is 1. The van der Waals surface area contributed by atoms with Crippen molar-refractivity contribution >= 4 is 15.9 Å². The summed E-state index contributed by atoms with van der Waals surface area (Å²) >= 11 is 3.47. The average molecular weight is 428 g/mol. The van der Waals surface area contributed by atoms with Crippen LogP contribution in [0.3, 0.4) is 0 Å². The van der Waals surface area contributed by atoms with Gasteiger partial charge in [0.2, 0.25) is 0 Å². The molecule has 3 rings (SSSR count). The van der Waals surface area contributed by atoms with Gasteiger partial charge in [-0.2, -0.15) is 13.2 Å². The number of alkyl halides is 3. The highest BCUT2D eigenvalue weighted by molar-refractivity contribution is 9.10. The van der Waals surface area contributed by atoms with Gasteiger partial charge < -0.3 is 4.74 Å². The summed E-state index contributed by atoms with van der Waals surface area (Å²) in [6, 6.07) is 15.7. The van der Waals surface area contributed by atoms with Gasteiger partial charge in [-0.05, 0) is 49.7 Å². The summed E-state index contributed by atoms with van der Waals surface area (Å²) in [5.74, 6) is -0.398. The van der Waals surface area contributed by atoms with E-state index in [1.165, 1.54) is 0 Å². The van der Waals surface area contributed by atoms with Crippen LogP contribution in [0.2, 0.25) is 0 Å². The van der Waals surface area contributed by atoms with E-state index in [-0.39, 0.29) is 12.8 Å². The lowest BCUT2D eigenvalue weighted by atomic mass is 9.96. The maximum absolute atomic E-state index is 12.8. The molecule has 0 spiro atoms. The maximum atomic E-state index is 12.8. The topological polar surface area (TPSA) is 12.5 Å². The van der Waals surface area contributed by atoms with E-state index in [4.69, 9.17) is 4.74 Å². The van der Waals surface area contributed by atoms with Gasteiger partial charge in [-0.25, -0.2) is 0 Å². The molecule has 0 aliphatic carbocycles. The molecule has 26 heavy (non-hydrogen) atoms. The molecule has 1 aliphatic heterocycles. The van der Waals surface area contributed by atoms with Crippen LogP contribution in [0.5, 0.6) is 5.75 Å². The molecule has 6 heteroatoms. The number of nitrogens with zero attached hydrogens (tertiary/aromatic N) is 1. The molecule has 1 saturated heterocycles. The number of piperidine rings is 1. The third kappa shape index (κ3) is 5.24. The van der Waals surface area contributed by atoms with Crippen molar-refractivity contribution in [3.63, 3.8) is 0 Å². The second kappa shape index (κ2) is 8.44. The summed E-state index contributed by atoms with van der Waals surface area (Å²) in [7, 11) is 0. The van der Waals surface area contributed by atoms with E-state index in [0.717, 1.165) is 21.3 Å². The SMILES string of the molecule is FC(F)(F)C1CCN(Cc2cc(Br)ccc2OCc2ccccc2)CC1. The Morgan fingerprint density at radius 1 is 1.04 bits per heavy atom. The van der Waals surface area contributed by atoms with E-state index < -0.39 is 12.1 Å². The van der Waals surface area contributed by atoms with Gasteiger partial charge in [0, 0.05) is 16.6 Å². The number of halogens is 4. The van der Waals surface area contributed by atoms with Crippen LogP contribution in [-0.2, 0) is 13.2 Å². The quantitative estimate of drug-likeness (QED) is 0.597. The lowest BCUT2D eigenvalue weighted by molar-refractivity contribution is -0.185. The molecule has 1 fully saturated rings. The van der Waals surface area contributed by atoms with E-state index >= 15 is 0 Å². The van der Waals surface area contributed by atoms with Crippen LogP contribution in [0.15, 0.2) is 53.0 Å². The second-order valence-corrected chi connectivity index (χ2v) is 7.53. The first-order valence-electron chi connectivity index (χ1n) is 8.66. The highest BCUT2D eigenvalue weighted by Gasteiger charge is 2.41. The number of hydrogen-bond donors (Lipinski definition) is 0. The molecule has 0 unspecified atom stereocenters. The van der Waals surface area contributed by atoms with E-state index in [0.29, 0.717) is 26.2 Å². The van der Waals surface area contributed by atoms with E-state index in [9.17, 15) is 13.2 Å². The lowest BCUT2D eigenvalue weighted by Gasteiger charge is -2.33. The fraction of sp³-hybridized carbons (Fsp3) is 0.400. The summed E-state index contributed by atoms with van der Waals surface area (Å²) in [6.45, 7) is 1.96. The molecule has 1 aliphatic rings. The Hall–Kier alpha value is -1.53. The second-order valence-electron chi connectivity index (χ2n) is 6.62. The summed E-state index contributed by atoms with van der Waals surface area (Å²) in [5.41, 5.74) is 2.06. The first-order valence-corrected chi connectivity index (χ1v) is 9.45. The first kappa shape index (κ1) is 19.2. The van der Waals surface area contributed by atoms with Crippen LogP contribution in [0, 0.1) is 5.92 Å². The zero-order valence-electron chi connectivity index (χ0n) is 14.3. The molecule has 2 nitrogen and oxygen atoms in total. The van der Waals surface area contributed by atoms with Crippen molar-refractivity contribution in [2.45, 2.75) is 32.2 Å². The van der Waals surface area contributed by atoms with E-state index in [1.54, 1.807) is 0 Å². The van der Waals surface area contributed by atoms with E-state index in [2.05, 4.69) is 20.8 Å². The molecule has 0 aromatic heterocycles. The van der Waals surface area contributed by atoms with Crippen LogP contribution in [0.4, 0.5) is 13.2 Å². The van der Waals surface area contributed by atoms with Crippen LogP contribution < -0.4 is 4.74 Å². The van der Waals surface area contributed by atoms with Gasteiger partial charge >= 0.3 is 6.18 Å². The predicted octanol–water partition coefficient (Wildman–Crippen LogP) is 5.80. The zero-order chi connectivity index (χ0) is 18.6. The van der Waals surface area contributed by atoms with Crippen molar-refractivity contribution in [1.82, 2.24) is 4.90 Å². The molecule has 0 atom stereocenters. The van der Waals surface area contributed by atoms with Gasteiger partial charge in [0.1, 0.15) is 12.4 Å². The van der Waals surface area contributed by atoms with Crippen LogP contribution in [0.25, 0.3) is 0 Å². The molecular weight excluding hydrogens is 407 g/mol. The Kier molecular flexibility index (Phi) is 6.24. The summed E-state index contributed by atoms with van der Waals surface area (Å²) in [4.78, 5) is 2.07. The molecule has 0 saturated carbocycles. The highest BCUT2D eigenvalue weighted by Crippen LogP contribution is 2.35. The summed E-state index contributed by atoms with van der Waals surface area (Å²) in [6.07, 6.45) is -3.75. The normalized spacial score (nSPS) is 16.6. The minimum absolute atomic E-state index is 0.164. The minimum atomic E-state index is -4.08. The number of hydrogen-bond acceptors (Lipinski definition) is 2. The number of rotatable bonds is 5. The summed E-state index contributed by atoms with van der Waals surface area (Å²) < 4.78 is 45.4. The monoisotopic (exact) mass is 427 g/mol. The molecule has 2 aromatic carbocycles. The van der Waals surface area contributed by atoms with Gasteiger partial charge in [0.05, 0.1) is 5.92 Å². The number of ether oxygens (including phenoxy) is 1. The third-order valence-electron chi connectivity index (χ3n) is 4.70. The molecule has 2 aromatic rings. The lowest BCUT2D eigenvalue weighted by Crippen LogP contribution is -2.38. The molecule has 1 heterocycles. The molecule has 0 amide bonds. The molecule has 0 bridgehead atoms. The van der Waals surface area contributed by atoms with Gasteiger partial charge in [0.25, 0.3) is 0 Å². The van der Waals surface area contributed by atoms with Gasteiger partial charge in [-0.15, -0.1) is 0 Å². The van der Waals surface area contributed by atoms with Crippen molar-refractivity contribution in [1.29, 1.82) is 0 Å². The Labute approximate surface area is 160 Å². The smallest absolute Gasteiger partial charge is 0.391 e. The fourth-order valence-electron chi connectivity index (χ4n) is 3.21. The van der Waals surface area contributed by atoms with Gasteiger partial charge in [-0.1, -0.05) is 46.3 Å². The van der Waals surface area contributed by atoms with Crippen molar-refractivity contribution in [3.05, 3.63) is 64.1 Å². The molecular formula is C20H21BrF3NO. The standard InChI is InChI=1S/C20H21BrF3NO/c21-18-6-7-19(26-14-15-4-2-1-3-5-15)16(12-18)13-25-10-8-17(9-11-25)20(22,23)24/h1-7,12,17H,8-11,13-14H2. The van der Waals surface area contributed by atoms with E-state index in [1.807, 2.05) is 48.5 Å². The highest BCUT2D eigenvalue weighted by atomic mass is 79.9. The van der Waals surface area contributed by atoms with Crippen LogP contribution >= 0.6 is 15.9 Å². The van der Waals surface area contributed by atoms with Crippen molar-refractivity contribution < 1.29 is 17.9 Å². The van der Waals surface area contributed by atoms with Crippen molar-refractivity contribution in [3.8, 4) is 5.75 Å². The zero-order valence-corrected chi connectivity index (χ0v) is 15.9. The predicted molar refractivity (Wildman–Crippen MR) is 99.0 cm³/mol. The Morgan fingerprint density at radius 2 is 1.73 bits per heavy atom. The van der Waals surface area contributed by atoms with Gasteiger partial charge in [0.15, 0.2) is 0 Å². The maximum Gasteiger partial charge on any atom is 0.391 e. The van der Waals surface area contributed by atoms with Crippen molar-refractivity contribution in [2.24, 2.45) is 5.92 Å².